The summed E-state index contributed by atoms with van der Waals surface area (Å²) in [6.07, 6.45) is 4.87. The molecule has 9 heteroatoms. The number of fused-ring (bicyclic) bond motifs is 1. The highest BCUT2D eigenvalue weighted by Gasteiger charge is 2.23. The van der Waals surface area contributed by atoms with Gasteiger partial charge in [-0.25, -0.2) is 0 Å². The number of carbonyl (C=O) groups is 1. The number of rotatable bonds is 4. The highest BCUT2D eigenvalue weighted by molar-refractivity contribution is 7.87. The molecule has 1 amide bonds. The minimum absolute atomic E-state index is 0.0538. The molecule has 1 N–H and O–H groups in total. The maximum absolute atomic E-state index is 12.5. The molecular formula is C16H27N5O3S. The van der Waals surface area contributed by atoms with Gasteiger partial charge in [-0.2, -0.15) is 22.5 Å². The van der Waals surface area contributed by atoms with Crippen molar-refractivity contribution in [3.05, 3.63) is 17.5 Å². The zero-order chi connectivity index (χ0) is 17.9. The lowest BCUT2D eigenvalue weighted by Gasteiger charge is -2.19. The Labute approximate surface area is 149 Å². The zero-order valence-corrected chi connectivity index (χ0v) is 15.6. The van der Waals surface area contributed by atoms with E-state index in [1.165, 1.54) is 0 Å². The van der Waals surface area contributed by atoms with Gasteiger partial charge in [0.25, 0.3) is 10.2 Å². The Morgan fingerprint density at radius 1 is 1.12 bits per heavy atom. The maximum atomic E-state index is 12.5. The minimum Gasteiger partial charge on any atom is -0.337 e. The Hall–Kier alpha value is -1.45. The Bertz CT molecular complexity index is 707. The average molecular weight is 369 g/mol. The highest BCUT2D eigenvalue weighted by atomic mass is 32.2. The van der Waals surface area contributed by atoms with Crippen molar-refractivity contribution in [1.29, 1.82) is 0 Å². The summed E-state index contributed by atoms with van der Waals surface area (Å²) in [6, 6.07) is 1.90. The topological polar surface area (TPSA) is 87.5 Å². The first-order valence-corrected chi connectivity index (χ1v) is 10.5. The molecule has 2 aliphatic heterocycles. The fourth-order valence-electron chi connectivity index (χ4n) is 3.42. The fraction of sp³-hybridized carbons (Fsp3) is 0.750. The lowest BCUT2D eigenvalue weighted by Crippen LogP contribution is -2.41. The van der Waals surface area contributed by atoms with Crippen LogP contribution in [0.2, 0.25) is 0 Å². The Kier molecular flexibility index (Phi) is 5.75. The van der Waals surface area contributed by atoms with Crippen LogP contribution in [0.1, 0.15) is 50.4 Å². The van der Waals surface area contributed by atoms with Crippen LogP contribution < -0.4 is 4.72 Å². The van der Waals surface area contributed by atoms with Crippen molar-refractivity contribution in [2.75, 3.05) is 19.6 Å². The van der Waals surface area contributed by atoms with Crippen molar-refractivity contribution in [2.45, 2.75) is 58.7 Å². The summed E-state index contributed by atoms with van der Waals surface area (Å²) in [5.74, 6) is 0.0538. The molecule has 3 heterocycles. The maximum Gasteiger partial charge on any atom is 0.279 e. The first kappa shape index (κ1) is 18.3. The van der Waals surface area contributed by atoms with Gasteiger partial charge in [-0.1, -0.05) is 12.8 Å². The summed E-state index contributed by atoms with van der Waals surface area (Å²) in [5.41, 5.74) is 1.65. The van der Waals surface area contributed by atoms with Gasteiger partial charge in [-0.15, -0.1) is 0 Å². The molecule has 2 aliphatic rings. The van der Waals surface area contributed by atoms with Crippen LogP contribution in [0, 0.1) is 0 Å². The number of aryl methyl sites for hydroxylation is 1. The quantitative estimate of drug-likeness (QED) is 0.852. The smallest absolute Gasteiger partial charge is 0.279 e. The van der Waals surface area contributed by atoms with E-state index in [4.69, 9.17) is 0 Å². The predicted octanol–water partition coefficient (Wildman–Crippen LogP) is 0.846. The number of amides is 1. The van der Waals surface area contributed by atoms with E-state index in [1.807, 2.05) is 10.7 Å². The van der Waals surface area contributed by atoms with Crippen molar-refractivity contribution >= 4 is 16.1 Å². The second kappa shape index (κ2) is 7.84. The Morgan fingerprint density at radius 2 is 1.84 bits per heavy atom. The van der Waals surface area contributed by atoms with Crippen LogP contribution in [0.3, 0.4) is 0 Å². The summed E-state index contributed by atoms with van der Waals surface area (Å²) in [5, 5.41) is 4.50. The van der Waals surface area contributed by atoms with E-state index in [2.05, 4.69) is 9.82 Å². The molecule has 1 aromatic heterocycles. The first-order chi connectivity index (χ1) is 12.0. The van der Waals surface area contributed by atoms with Crippen LogP contribution in [-0.2, 0) is 34.6 Å². The molecule has 0 atom stereocenters. The molecule has 1 fully saturated rings. The third-order valence-electron chi connectivity index (χ3n) is 4.85. The van der Waals surface area contributed by atoms with Crippen molar-refractivity contribution in [1.82, 2.24) is 23.7 Å². The summed E-state index contributed by atoms with van der Waals surface area (Å²) >= 11 is 0. The zero-order valence-electron chi connectivity index (χ0n) is 14.8. The van der Waals surface area contributed by atoms with E-state index >= 15 is 0 Å². The van der Waals surface area contributed by atoms with Gasteiger partial charge in [0.2, 0.25) is 5.91 Å². The van der Waals surface area contributed by atoms with Crippen LogP contribution in [-0.4, -0.2) is 52.9 Å². The second-order valence-corrected chi connectivity index (χ2v) is 8.54. The third-order valence-corrected chi connectivity index (χ3v) is 6.40. The predicted molar refractivity (Wildman–Crippen MR) is 93.7 cm³/mol. The van der Waals surface area contributed by atoms with Crippen molar-refractivity contribution < 1.29 is 13.2 Å². The normalized spacial score (nSPS) is 20.0. The average Bonchev–Trinajstić information content (AvgIpc) is 2.77. The Balaban J connectivity index is 1.64. The van der Waals surface area contributed by atoms with E-state index in [-0.39, 0.29) is 12.5 Å². The van der Waals surface area contributed by atoms with Gasteiger partial charge in [0, 0.05) is 33.1 Å². The van der Waals surface area contributed by atoms with Gasteiger partial charge in [-0.05, 0) is 25.3 Å². The van der Waals surface area contributed by atoms with Crippen molar-refractivity contribution in [3.63, 3.8) is 0 Å². The van der Waals surface area contributed by atoms with Gasteiger partial charge < -0.3 is 4.90 Å². The van der Waals surface area contributed by atoms with Gasteiger partial charge in [0.1, 0.15) is 0 Å². The summed E-state index contributed by atoms with van der Waals surface area (Å²) < 4.78 is 31.1. The van der Waals surface area contributed by atoms with E-state index in [1.54, 1.807) is 16.1 Å². The SMILES string of the molecule is CC(=O)N1CCCn2nc(CNS(=O)(=O)N3CCCCCC3)cc2C1. The van der Waals surface area contributed by atoms with Crippen LogP contribution >= 0.6 is 0 Å². The molecule has 8 nitrogen and oxygen atoms in total. The van der Waals surface area contributed by atoms with Crippen molar-refractivity contribution in [3.8, 4) is 0 Å². The van der Waals surface area contributed by atoms with Crippen LogP contribution in [0.25, 0.3) is 0 Å². The van der Waals surface area contributed by atoms with E-state index in [9.17, 15) is 13.2 Å². The molecular weight excluding hydrogens is 342 g/mol. The number of nitrogens with one attached hydrogen (secondary N) is 1. The molecule has 0 bridgehead atoms. The van der Waals surface area contributed by atoms with Gasteiger partial charge in [-0.3, -0.25) is 9.48 Å². The van der Waals surface area contributed by atoms with E-state index in [0.717, 1.165) is 50.9 Å². The summed E-state index contributed by atoms with van der Waals surface area (Å²) in [7, 11) is -3.47. The molecule has 1 saturated heterocycles. The van der Waals surface area contributed by atoms with Gasteiger partial charge in [0.05, 0.1) is 24.5 Å². The number of carbonyl (C=O) groups excluding carboxylic acids is 1. The van der Waals surface area contributed by atoms with Gasteiger partial charge >= 0.3 is 0 Å². The molecule has 0 spiro atoms. The van der Waals surface area contributed by atoms with E-state index < -0.39 is 10.2 Å². The molecule has 25 heavy (non-hydrogen) atoms. The molecule has 3 rings (SSSR count). The minimum atomic E-state index is -3.47. The van der Waals surface area contributed by atoms with Crippen LogP contribution in [0.4, 0.5) is 0 Å². The largest absolute Gasteiger partial charge is 0.337 e. The number of hydrogen-bond acceptors (Lipinski definition) is 4. The van der Waals surface area contributed by atoms with Crippen LogP contribution in [0.5, 0.6) is 0 Å². The fourth-order valence-corrected chi connectivity index (χ4v) is 4.67. The number of nitrogens with zero attached hydrogens (tertiary/aromatic N) is 4. The molecule has 0 radical (unpaired) electrons. The number of aromatic nitrogens is 2. The third kappa shape index (κ3) is 4.59. The van der Waals surface area contributed by atoms with E-state index in [0.29, 0.717) is 25.3 Å². The monoisotopic (exact) mass is 369 g/mol. The lowest BCUT2D eigenvalue weighted by molar-refractivity contribution is -0.129. The second-order valence-electron chi connectivity index (χ2n) is 6.78. The number of hydrogen-bond donors (Lipinski definition) is 1. The molecule has 140 valence electrons. The van der Waals surface area contributed by atoms with Crippen LogP contribution in [0.15, 0.2) is 6.07 Å². The molecule has 0 aromatic carbocycles. The lowest BCUT2D eigenvalue weighted by atomic mass is 10.2. The Morgan fingerprint density at radius 3 is 2.52 bits per heavy atom. The first-order valence-electron chi connectivity index (χ1n) is 9.01. The summed E-state index contributed by atoms with van der Waals surface area (Å²) in [4.78, 5) is 13.4. The summed E-state index contributed by atoms with van der Waals surface area (Å²) in [6.45, 7) is 4.93. The molecule has 0 aliphatic carbocycles. The van der Waals surface area contributed by atoms with Gasteiger partial charge in [0.15, 0.2) is 0 Å². The van der Waals surface area contributed by atoms with Crippen molar-refractivity contribution in [2.24, 2.45) is 0 Å². The molecule has 0 saturated carbocycles. The molecule has 1 aromatic rings. The molecule has 0 unspecified atom stereocenters. The standard InChI is InChI=1S/C16H27N5O3S/c1-14(22)19-7-6-10-21-16(13-19)11-15(18-21)12-17-25(23,24)20-8-4-2-3-5-9-20/h11,17H,2-10,12-13H2,1H3. The highest BCUT2D eigenvalue weighted by Crippen LogP contribution is 2.15.